The predicted molar refractivity (Wildman–Crippen MR) is 106 cm³/mol. The number of hydrogen-bond acceptors (Lipinski definition) is 5. The monoisotopic (exact) mass is 384 g/mol. The highest BCUT2D eigenvalue weighted by Crippen LogP contribution is 2.30. The first-order chi connectivity index (χ1) is 13.6. The second-order valence-electron chi connectivity index (χ2n) is 7.97. The number of hydrogen-bond donors (Lipinski definition) is 3. The van der Waals surface area contributed by atoms with Crippen molar-refractivity contribution in [3.63, 3.8) is 0 Å². The normalized spacial score (nSPS) is 27.5. The van der Waals surface area contributed by atoms with Gasteiger partial charge in [-0.2, -0.15) is 0 Å². The first-order valence-electron chi connectivity index (χ1n) is 10.3. The van der Waals surface area contributed by atoms with Gasteiger partial charge < -0.3 is 15.5 Å². The number of carbonyl (C=O) groups excluding carboxylic acids is 3. The van der Waals surface area contributed by atoms with Gasteiger partial charge in [-0.3, -0.25) is 19.7 Å². The van der Waals surface area contributed by atoms with E-state index in [4.69, 9.17) is 0 Å². The zero-order chi connectivity index (χ0) is 19.7. The highest BCUT2D eigenvalue weighted by Gasteiger charge is 2.39. The largest absolute Gasteiger partial charge is 0.381 e. The number of carbonyl (C=O) groups is 3. The molecule has 1 aromatic rings. The number of piperidine rings is 1. The average Bonchev–Trinajstić information content (AvgIpc) is 2.99. The fourth-order valence-electron chi connectivity index (χ4n) is 4.69. The lowest BCUT2D eigenvalue weighted by molar-refractivity contribution is -0.136. The second kappa shape index (κ2) is 7.91. The van der Waals surface area contributed by atoms with Crippen LogP contribution in [0.25, 0.3) is 0 Å². The van der Waals surface area contributed by atoms with E-state index in [-0.39, 0.29) is 24.1 Å². The zero-order valence-corrected chi connectivity index (χ0v) is 16.3. The lowest BCUT2D eigenvalue weighted by atomic mass is 9.90. The predicted octanol–water partition coefficient (Wildman–Crippen LogP) is 1.78. The lowest BCUT2D eigenvalue weighted by Gasteiger charge is -2.33. The molecule has 2 heterocycles. The molecule has 1 saturated heterocycles. The third kappa shape index (κ3) is 3.63. The SMILES string of the molecule is CCNC1CCCCC1Nc1ccc2c(c1)CN(C1CCC(=O)NC1=O)C2=O. The van der Waals surface area contributed by atoms with Crippen molar-refractivity contribution in [1.82, 2.24) is 15.5 Å². The van der Waals surface area contributed by atoms with Crippen LogP contribution in [0.3, 0.4) is 0 Å². The summed E-state index contributed by atoms with van der Waals surface area (Å²) in [6, 6.07) is 6.14. The number of fused-ring (bicyclic) bond motifs is 1. The maximum atomic E-state index is 12.8. The Morgan fingerprint density at radius 3 is 2.64 bits per heavy atom. The summed E-state index contributed by atoms with van der Waals surface area (Å²) in [4.78, 5) is 37.9. The molecule has 4 rings (SSSR count). The van der Waals surface area contributed by atoms with E-state index in [2.05, 4.69) is 22.9 Å². The van der Waals surface area contributed by atoms with Crippen molar-refractivity contribution >= 4 is 23.4 Å². The van der Waals surface area contributed by atoms with E-state index in [1.807, 2.05) is 18.2 Å². The minimum atomic E-state index is -0.564. The Kier molecular flexibility index (Phi) is 5.35. The van der Waals surface area contributed by atoms with E-state index in [1.54, 1.807) is 4.90 Å². The molecule has 2 aliphatic heterocycles. The first kappa shape index (κ1) is 18.9. The Balaban J connectivity index is 1.48. The molecule has 28 heavy (non-hydrogen) atoms. The Morgan fingerprint density at radius 1 is 1.11 bits per heavy atom. The van der Waals surface area contributed by atoms with Crippen LogP contribution in [0.4, 0.5) is 5.69 Å². The van der Waals surface area contributed by atoms with Crippen LogP contribution >= 0.6 is 0 Å². The van der Waals surface area contributed by atoms with E-state index in [0.29, 0.717) is 30.6 Å². The standard InChI is InChI=1S/C21H28N4O3/c1-2-22-16-5-3-4-6-17(16)23-14-7-8-15-13(11-14)12-25(21(15)28)18-9-10-19(26)24-20(18)27/h7-8,11,16-18,22-23H,2-6,9-10,12H2,1H3,(H,24,26,27). The Hall–Kier alpha value is -2.41. The van der Waals surface area contributed by atoms with Crippen LogP contribution in [-0.4, -0.2) is 47.3 Å². The average molecular weight is 384 g/mol. The molecule has 7 nitrogen and oxygen atoms in total. The molecular formula is C21H28N4O3. The highest BCUT2D eigenvalue weighted by molar-refractivity contribution is 6.05. The van der Waals surface area contributed by atoms with Crippen molar-refractivity contribution in [2.24, 2.45) is 0 Å². The van der Waals surface area contributed by atoms with Gasteiger partial charge in [0.15, 0.2) is 0 Å². The van der Waals surface area contributed by atoms with Crippen molar-refractivity contribution in [3.8, 4) is 0 Å². The molecule has 0 spiro atoms. The van der Waals surface area contributed by atoms with Gasteiger partial charge in [0.1, 0.15) is 6.04 Å². The van der Waals surface area contributed by atoms with Crippen LogP contribution in [0.2, 0.25) is 0 Å². The Bertz CT molecular complexity index is 792. The number of rotatable bonds is 5. The molecule has 3 amide bonds. The quantitative estimate of drug-likeness (QED) is 0.673. The molecule has 1 aliphatic carbocycles. The minimum absolute atomic E-state index is 0.126. The molecule has 3 N–H and O–H groups in total. The number of imide groups is 1. The molecule has 7 heteroatoms. The van der Waals surface area contributed by atoms with Crippen molar-refractivity contribution in [1.29, 1.82) is 0 Å². The van der Waals surface area contributed by atoms with Crippen LogP contribution in [0.1, 0.15) is 61.4 Å². The molecule has 1 saturated carbocycles. The van der Waals surface area contributed by atoms with Gasteiger partial charge in [0, 0.05) is 36.3 Å². The van der Waals surface area contributed by atoms with E-state index in [1.165, 1.54) is 19.3 Å². The molecule has 0 bridgehead atoms. The lowest BCUT2D eigenvalue weighted by Crippen LogP contribution is -2.52. The van der Waals surface area contributed by atoms with Gasteiger partial charge in [-0.15, -0.1) is 0 Å². The number of amides is 3. The Morgan fingerprint density at radius 2 is 1.89 bits per heavy atom. The van der Waals surface area contributed by atoms with Gasteiger partial charge in [-0.1, -0.05) is 19.8 Å². The van der Waals surface area contributed by atoms with Crippen LogP contribution in [0.15, 0.2) is 18.2 Å². The van der Waals surface area contributed by atoms with Crippen LogP contribution in [-0.2, 0) is 16.1 Å². The maximum Gasteiger partial charge on any atom is 0.255 e. The topological polar surface area (TPSA) is 90.5 Å². The second-order valence-corrected chi connectivity index (χ2v) is 7.97. The third-order valence-corrected chi connectivity index (χ3v) is 6.11. The van der Waals surface area contributed by atoms with Crippen LogP contribution in [0, 0.1) is 0 Å². The molecule has 3 unspecified atom stereocenters. The van der Waals surface area contributed by atoms with Gasteiger partial charge in [0.05, 0.1) is 0 Å². The first-order valence-corrected chi connectivity index (χ1v) is 10.3. The highest BCUT2D eigenvalue weighted by atomic mass is 16.2. The zero-order valence-electron chi connectivity index (χ0n) is 16.3. The van der Waals surface area contributed by atoms with Crippen LogP contribution < -0.4 is 16.0 Å². The molecule has 150 valence electrons. The number of likely N-dealkylation sites (N-methyl/N-ethyl adjacent to an activating group) is 1. The van der Waals surface area contributed by atoms with E-state index >= 15 is 0 Å². The van der Waals surface area contributed by atoms with Gasteiger partial charge >= 0.3 is 0 Å². The third-order valence-electron chi connectivity index (χ3n) is 6.11. The smallest absolute Gasteiger partial charge is 0.255 e. The fourth-order valence-corrected chi connectivity index (χ4v) is 4.69. The molecule has 3 aliphatic rings. The van der Waals surface area contributed by atoms with E-state index in [0.717, 1.165) is 24.2 Å². The summed E-state index contributed by atoms with van der Waals surface area (Å²) in [6.07, 6.45) is 5.47. The Labute approximate surface area is 165 Å². The molecule has 2 fully saturated rings. The van der Waals surface area contributed by atoms with E-state index in [9.17, 15) is 14.4 Å². The van der Waals surface area contributed by atoms with Gasteiger partial charge in [0.2, 0.25) is 11.8 Å². The molecule has 0 radical (unpaired) electrons. The summed E-state index contributed by atoms with van der Waals surface area (Å²) in [5, 5.41) is 9.57. The molecule has 3 atom stereocenters. The van der Waals surface area contributed by atoms with E-state index < -0.39 is 6.04 Å². The number of benzene rings is 1. The number of nitrogens with zero attached hydrogens (tertiary/aromatic N) is 1. The van der Waals surface area contributed by atoms with Crippen molar-refractivity contribution < 1.29 is 14.4 Å². The summed E-state index contributed by atoms with van der Waals surface area (Å²) >= 11 is 0. The molecule has 0 aromatic heterocycles. The van der Waals surface area contributed by atoms with Gasteiger partial charge in [-0.05, 0) is 49.6 Å². The van der Waals surface area contributed by atoms with Gasteiger partial charge in [-0.25, -0.2) is 0 Å². The van der Waals surface area contributed by atoms with Crippen molar-refractivity contribution in [2.45, 2.75) is 70.1 Å². The fraction of sp³-hybridized carbons (Fsp3) is 0.571. The van der Waals surface area contributed by atoms with Crippen molar-refractivity contribution in [3.05, 3.63) is 29.3 Å². The minimum Gasteiger partial charge on any atom is -0.381 e. The van der Waals surface area contributed by atoms with Crippen LogP contribution in [0.5, 0.6) is 0 Å². The summed E-state index contributed by atoms with van der Waals surface area (Å²) in [5.74, 6) is -0.759. The summed E-state index contributed by atoms with van der Waals surface area (Å²) < 4.78 is 0. The van der Waals surface area contributed by atoms with Gasteiger partial charge in [0.25, 0.3) is 5.91 Å². The summed E-state index contributed by atoms with van der Waals surface area (Å²) in [6.45, 7) is 3.51. The molecule has 1 aromatic carbocycles. The van der Waals surface area contributed by atoms with Crippen molar-refractivity contribution in [2.75, 3.05) is 11.9 Å². The molecular weight excluding hydrogens is 356 g/mol. The summed E-state index contributed by atoms with van der Waals surface area (Å²) in [7, 11) is 0. The number of nitrogens with one attached hydrogen (secondary N) is 3. The number of anilines is 1. The summed E-state index contributed by atoms with van der Waals surface area (Å²) in [5.41, 5.74) is 2.61. The maximum absolute atomic E-state index is 12.8.